The number of aryl methyl sites for hydroxylation is 1. The highest BCUT2D eigenvalue weighted by atomic mass is 127. The van der Waals surface area contributed by atoms with Crippen molar-refractivity contribution in [1.29, 1.82) is 0 Å². The van der Waals surface area contributed by atoms with Gasteiger partial charge in [-0.15, -0.1) is 35.3 Å². The molecule has 136 valence electrons. The molecule has 2 atom stereocenters. The maximum atomic E-state index is 6.09. The lowest BCUT2D eigenvalue weighted by molar-refractivity contribution is 0.791. The Hall–Kier alpha value is -0.860. The second-order valence-corrected chi connectivity index (χ2v) is 7.78. The third kappa shape index (κ3) is 6.11. The van der Waals surface area contributed by atoms with Gasteiger partial charge in [-0.3, -0.25) is 4.99 Å². The first-order valence-electron chi connectivity index (χ1n) is 8.37. The molecular weight excluding hydrogens is 467 g/mol. The van der Waals surface area contributed by atoms with Crippen LogP contribution in [-0.4, -0.2) is 30.1 Å². The summed E-state index contributed by atoms with van der Waals surface area (Å²) >= 11 is 7.83. The predicted molar refractivity (Wildman–Crippen MR) is 118 cm³/mol. The lowest BCUT2D eigenvalue weighted by Crippen LogP contribution is -2.39. The Morgan fingerprint density at radius 1 is 1.44 bits per heavy atom. The van der Waals surface area contributed by atoms with E-state index in [1.54, 1.807) is 11.3 Å². The zero-order chi connectivity index (χ0) is 16.9. The molecule has 0 aliphatic heterocycles. The van der Waals surface area contributed by atoms with Crippen molar-refractivity contribution >= 4 is 52.9 Å². The van der Waals surface area contributed by atoms with Crippen LogP contribution in [0.5, 0.6) is 0 Å². The number of nitrogens with one attached hydrogen (secondary N) is 2. The Balaban J connectivity index is 0.00000225. The Labute approximate surface area is 175 Å². The highest BCUT2D eigenvalue weighted by Crippen LogP contribution is 2.41. The number of benzene rings is 1. The van der Waals surface area contributed by atoms with E-state index < -0.39 is 0 Å². The van der Waals surface area contributed by atoms with Crippen LogP contribution in [0.2, 0.25) is 5.02 Å². The lowest BCUT2D eigenvalue weighted by Gasteiger charge is -2.11. The molecule has 2 N–H and O–H groups in total. The third-order valence-electron chi connectivity index (χ3n) is 4.00. The van der Waals surface area contributed by atoms with Gasteiger partial charge in [-0.25, -0.2) is 4.98 Å². The van der Waals surface area contributed by atoms with Crippen LogP contribution in [0.1, 0.15) is 34.7 Å². The summed E-state index contributed by atoms with van der Waals surface area (Å²) in [5.41, 5.74) is 1.30. The Kier molecular flexibility index (Phi) is 7.96. The van der Waals surface area contributed by atoms with Crippen LogP contribution in [0.15, 0.2) is 35.5 Å². The number of thiazole rings is 1. The Bertz CT molecular complexity index is 719. The number of halogens is 2. The van der Waals surface area contributed by atoms with Crippen molar-refractivity contribution in [2.45, 2.75) is 38.6 Å². The molecule has 1 aromatic heterocycles. The summed E-state index contributed by atoms with van der Waals surface area (Å²) in [6.45, 7) is 5.77. The number of aromatic nitrogens is 1. The van der Waals surface area contributed by atoms with Crippen LogP contribution in [0.3, 0.4) is 0 Å². The van der Waals surface area contributed by atoms with Gasteiger partial charge in [0.1, 0.15) is 0 Å². The molecule has 1 fully saturated rings. The van der Waals surface area contributed by atoms with Gasteiger partial charge < -0.3 is 10.6 Å². The molecule has 1 aliphatic carbocycles. The zero-order valence-electron chi connectivity index (χ0n) is 14.5. The Morgan fingerprint density at radius 2 is 2.28 bits per heavy atom. The molecule has 0 spiro atoms. The molecule has 0 amide bonds. The maximum Gasteiger partial charge on any atom is 0.191 e. The number of guanidine groups is 1. The van der Waals surface area contributed by atoms with Crippen LogP contribution in [0.4, 0.5) is 0 Å². The van der Waals surface area contributed by atoms with E-state index in [0.29, 0.717) is 12.0 Å². The first-order chi connectivity index (χ1) is 11.7. The van der Waals surface area contributed by atoms with E-state index in [0.717, 1.165) is 41.9 Å². The fraction of sp³-hybridized carbons (Fsp3) is 0.444. The third-order valence-corrected chi connectivity index (χ3v) is 5.21. The SMILES string of the molecule is CCNC(=NCCc1ncc(C)s1)NC1CC1c1cccc(Cl)c1.I. The van der Waals surface area contributed by atoms with E-state index in [2.05, 4.69) is 46.6 Å². The van der Waals surface area contributed by atoms with Gasteiger partial charge in [0, 0.05) is 47.6 Å². The minimum absolute atomic E-state index is 0. The molecule has 0 bridgehead atoms. The molecule has 1 heterocycles. The predicted octanol–water partition coefficient (Wildman–Crippen LogP) is 4.38. The van der Waals surface area contributed by atoms with E-state index in [-0.39, 0.29) is 24.0 Å². The minimum atomic E-state index is 0. The second-order valence-electron chi connectivity index (χ2n) is 6.02. The highest BCUT2D eigenvalue weighted by Gasteiger charge is 2.39. The van der Waals surface area contributed by atoms with Crippen LogP contribution in [0, 0.1) is 6.92 Å². The molecule has 4 nitrogen and oxygen atoms in total. The summed E-state index contributed by atoms with van der Waals surface area (Å²) in [6, 6.07) is 8.57. The second kappa shape index (κ2) is 9.73. The van der Waals surface area contributed by atoms with Crippen molar-refractivity contribution in [1.82, 2.24) is 15.6 Å². The lowest BCUT2D eigenvalue weighted by atomic mass is 10.1. The number of nitrogens with zero attached hydrogens (tertiary/aromatic N) is 2. The van der Waals surface area contributed by atoms with E-state index >= 15 is 0 Å². The molecule has 2 unspecified atom stereocenters. The quantitative estimate of drug-likeness (QED) is 0.359. The number of aliphatic imine (C=N–C) groups is 1. The molecule has 0 radical (unpaired) electrons. The molecule has 1 aromatic carbocycles. The molecule has 0 saturated heterocycles. The topological polar surface area (TPSA) is 49.3 Å². The van der Waals surface area contributed by atoms with Gasteiger partial charge in [-0.2, -0.15) is 0 Å². The van der Waals surface area contributed by atoms with Crippen LogP contribution in [0.25, 0.3) is 0 Å². The monoisotopic (exact) mass is 490 g/mol. The zero-order valence-corrected chi connectivity index (χ0v) is 18.4. The highest BCUT2D eigenvalue weighted by molar-refractivity contribution is 14.0. The molecule has 2 aromatic rings. The molecule has 25 heavy (non-hydrogen) atoms. The van der Waals surface area contributed by atoms with Crippen LogP contribution < -0.4 is 10.6 Å². The van der Waals surface area contributed by atoms with Gasteiger partial charge in [-0.05, 0) is 38.0 Å². The fourth-order valence-corrected chi connectivity index (χ4v) is 3.71. The Morgan fingerprint density at radius 3 is 2.96 bits per heavy atom. The summed E-state index contributed by atoms with van der Waals surface area (Å²) in [5.74, 6) is 1.41. The van der Waals surface area contributed by atoms with Crippen LogP contribution >= 0.6 is 46.9 Å². The summed E-state index contributed by atoms with van der Waals surface area (Å²) in [7, 11) is 0. The van der Waals surface area contributed by atoms with E-state index in [9.17, 15) is 0 Å². The minimum Gasteiger partial charge on any atom is -0.357 e. The average molecular weight is 491 g/mol. The van der Waals surface area contributed by atoms with Crippen LogP contribution in [-0.2, 0) is 6.42 Å². The number of hydrogen-bond donors (Lipinski definition) is 2. The van der Waals surface area contributed by atoms with Gasteiger partial charge >= 0.3 is 0 Å². The number of hydrogen-bond acceptors (Lipinski definition) is 3. The van der Waals surface area contributed by atoms with Crippen molar-refractivity contribution in [3.8, 4) is 0 Å². The van der Waals surface area contributed by atoms with Crippen molar-refractivity contribution in [3.05, 3.63) is 50.9 Å². The van der Waals surface area contributed by atoms with E-state index in [1.165, 1.54) is 10.4 Å². The summed E-state index contributed by atoms with van der Waals surface area (Å²) in [6.07, 6.45) is 3.93. The first-order valence-corrected chi connectivity index (χ1v) is 9.56. The normalized spacial score (nSPS) is 19.2. The van der Waals surface area contributed by atoms with Gasteiger partial charge in [0.25, 0.3) is 0 Å². The molecule has 1 saturated carbocycles. The smallest absolute Gasteiger partial charge is 0.191 e. The maximum absolute atomic E-state index is 6.09. The van der Waals surface area contributed by atoms with Crippen molar-refractivity contribution in [2.75, 3.05) is 13.1 Å². The molecule has 1 aliphatic rings. The fourth-order valence-electron chi connectivity index (χ4n) is 2.74. The van der Waals surface area contributed by atoms with E-state index in [1.807, 2.05) is 18.3 Å². The van der Waals surface area contributed by atoms with Crippen molar-refractivity contribution in [3.63, 3.8) is 0 Å². The van der Waals surface area contributed by atoms with Gasteiger partial charge in [0.05, 0.1) is 5.01 Å². The van der Waals surface area contributed by atoms with Gasteiger partial charge in [0.2, 0.25) is 0 Å². The van der Waals surface area contributed by atoms with E-state index in [4.69, 9.17) is 11.6 Å². The molecule has 3 rings (SSSR count). The summed E-state index contributed by atoms with van der Waals surface area (Å²) in [5, 5.41) is 8.81. The largest absolute Gasteiger partial charge is 0.357 e. The van der Waals surface area contributed by atoms with Gasteiger partial charge in [-0.1, -0.05) is 23.7 Å². The summed E-state index contributed by atoms with van der Waals surface area (Å²) in [4.78, 5) is 10.3. The molecular formula is C18H24ClIN4S. The average Bonchev–Trinajstić information content (AvgIpc) is 3.20. The molecule has 7 heteroatoms. The van der Waals surface area contributed by atoms with Crippen molar-refractivity contribution in [2.24, 2.45) is 4.99 Å². The standard InChI is InChI=1S/C18H23ClN4S.HI/c1-3-20-18(21-8-7-17-22-11-12(2)24-17)23-16-10-15(16)13-5-4-6-14(19)9-13;/h4-6,9,11,15-16H,3,7-8,10H2,1-2H3,(H2,20,21,23);1H. The first kappa shape index (κ1) is 20.5. The van der Waals surface area contributed by atoms with Gasteiger partial charge in [0.15, 0.2) is 5.96 Å². The van der Waals surface area contributed by atoms with Crippen molar-refractivity contribution < 1.29 is 0 Å². The number of rotatable bonds is 6. The summed E-state index contributed by atoms with van der Waals surface area (Å²) < 4.78 is 0.